The minimum Gasteiger partial charge on any atom is -0.549 e. The summed E-state index contributed by atoms with van der Waals surface area (Å²) in [6, 6.07) is 0.554. The number of rotatable bonds is 2. The molecule has 1 aliphatic heterocycles. The van der Waals surface area contributed by atoms with Gasteiger partial charge in [0.05, 0.1) is 5.97 Å². The van der Waals surface area contributed by atoms with Crippen LogP contribution in [-0.4, -0.2) is 30.0 Å². The van der Waals surface area contributed by atoms with Crippen LogP contribution in [0.25, 0.3) is 0 Å². The van der Waals surface area contributed by atoms with Gasteiger partial charge in [0.25, 0.3) is 0 Å². The first-order valence-electron chi connectivity index (χ1n) is 4.19. The molecule has 0 aromatic carbocycles. The Hall–Kier alpha value is 0.430. The fraction of sp³-hybridized carbons (Fsp3) is 0.875. The van der Waals surface area contributed by atoms with Crippen molar-refractivity contribution < 1.29 is 39.5 Å². The number of carboxylic acids is 1. The van der Waals surface area contributed by atoms with Gasteiger partial charge in [0.15, 0.2) is 0 Å². The summed E-state index contributed by atoms with van der Waals surface area (Å²) in [6.45, 7) is 1.12. The van der Waals surface area contributed by atoms with Crippen LogP contribution in [0.15, 0.2) is 0 Å². The number of carboxylic acid groups (broad SMARTS) is 1. The van der Waals surface area contributed by atoms with Gasteiger partial charge in [0.1, 0.15) is 0 Å². The maximum atomic E-state index is 10.3. The van der Waals surface area contributed by atoms with E-state index in [1.165, 1.54) is 19.3 Å². The first kappa shape index (κ1) is 10.5. The Labute approximate surface area is 94.4 Å². The molecule has 1 heterocycles. The number of piperidine rings is 1. The van der Waals surface area contributed by atoms with Crippen molar-refractivity contribution >= 4 is 5.97 Å². The van der Waals surface area contributed by atoms with Gasteiger partial charge in [-0.3, -0.25) is 4.90 Å². The molecule has 0 unspecified atom stereocenters. The average molecular weight is 177 g/mol. The van der Waals surface area contributed by atoms with Gasteiger partial charge in [-0.2, -0.15) is 0 Å². The van der Waals surface area contributed by atoms with E-state index >= 15 is 0 Å². The Bertz CT molecular complexity index is 186. The topological polar surface area (TPSA) is 43.4 Å². The standard InChI is InChI=1S/C8H13NO2.Na/c10-8(11)5-9-4-6-1-2-7(9)3-6;/h6-7H,1-5H2,(H,10,11);/q;+1/p-1/t6-,7+;/m0./s1. The van der Waals surface area contributed by atoms with Gasteiger partial charge < -0.3 is 9.90 Å². The third-order valence-corrected chi connectivity index (χ3v) is 2.85. The molecule has 0 amide bonds. The van der Waals surface area contributed by atoms with E-state index < -0.39 is 5.97 Å². The molecule has 2 rings (SSSR count). The summed E-state index contributed by atoms with van der Waals surface area (Å²) in [6.07, 6.45) is 3.71. The van der Waals surface area contributed by atoms with Gasteiger partial charge in [0, 0.05) is 19.1 Å². The van der Waals surface area contributed by atoms with Crippen LogP contribution in [0.1, 0.15) is 19.3 Å². The van der Waals surface area contributed by atoms with E-state index in [9.17, 15) is 9.90 Å². The second-order valence-corrected chi connectivity index (χ2v) is 3.63. The van der Waals surface area contributed by atoms with Crippen molar-refractivity contribution in [2.45, 2.75) is 25.3 Å². The SMILES string of the molecule is O=C([O-])CN1C[C@H]2CC[C@@H]1C2.[Na+]. The van der Waals surface area contributed by atoms with E-state index in [1.807, 2.05) is 4.90 Å². The molecule has 1 aliphatic carbocycles. The number of carbonyl (C=O) groups excluding carboxylic acids is 1. The van der Waals surface area contributed by atoms with E-state index in [0.29, 0.717) is 6.04 Å². The second kappa shape index (κ2) is 4.09. The molecule has 1 saturated carbocycles. The van der Waals surface area contributed by atoms with Crippen molar-refractivity contribution in [1.29, 1.82) is 0 Å². The zero-order valence-electron chi connectivity index (χ0n) is 7.45. The third-order valence-electron chi connectivity index (χ3n) is 2.85. The normalized spacial score (nSPS) is 33.3. The summed E-state index contributed by atoms with van der Waals surface area (Å²) in [5.74, 6) is -0.156. The molecule has 62 valence electrons. The Morgan fingerprint density at radius 2 is 2.25 bits per heavy atom. The molecule has 2 fully saturated rings. The summed E-state index contributed by atoms with van der Waals surface area (Å²) in [4.78, 5) is 12.3. The average Bonchev–Trinajstić information content (AvgIpc) is 2.45. The summed E-state index contributed by atoms with van der Waals surface area (Å²) < 4.78 is 0. The van der Waals surface area contributed by atoms with Gasteiger partial charge in [0.2, 0.25) is 0 Å². The molecule has 0 aromatic heterocycles. The summed E-state index contributed by atoms with van der Waals surface area (Å²) in [5.41, 5.74) is 0. The molecule has 3 nitrogen and oxygen atoms in total. The summed E-state index contributed by atoms with van der Waals surface area (Å²) in [5, 5.41) is 10.3. The minimum absolute atomic E-state index is 0. The van der Waals surface area contributed by atoms with Crippen LogP contribution in [0.3, 0.4) is 0 Å². The molecule has 0 N–H and O–H groups in total. The molecule has 0 spiro atoms. The Kier molecular flexibility index (Phi) is 3.58. The van der Waals surface area contributed by atoms with Crippen molar-refractivity contribution in [2.24, 2.45) is 5.92 Å². The van der Waals surface area contributed by atoms with Gasteiger partial charge >= 0.3 is 29.6 Å². The van der Waals surface area contributed by atoms with Crippen LogP contribution >= 0.6 is 0 Å². The van der Waals surface area contributed by atoms with E-state index in [1.54, 1.807) is 0 Å². The van der Waals surface area contributed by atoms with Crippen molar-refractivity contribution in [1.82, 2.24) is 4.90 Å². The van der Waals surface area contributed by atoms with Crippen molar-refractivity contribution in [2.75, 3.05) is 13.1 Å². The Morgan fingerprint density at radius 3 is 2.67 bits per heavy atom. The zero-order chi connectivity index (χ0) is 7.84. The number of fused-ring (bicyclic) bond motifs is 2. The smallest absolute Gasteiger partial charge is 0.549 e. The molecule has 4 heteroatoms. The maximum Gasteiger partial charge on any atom is 1.00 e. The van der Waals surface area contributed by atoms with Crippen molar-refractivity contribution in [3.63, 3.8) is 0 Å². The number of aliphatic carboxylic acids is 1. The van der Waals surface area contributed by atoms with E-state index in [4.69, 9.17) is 0 Å². The van der Waals surface area contributed by atoms with E-state index in [0.717, 1.165) is 12.5 Å². The summed E-state index contributed by atoms with van der Waals surface area (Å²) in [7, 11) is 0. The minimum atomic E-state index is -0.933. The molecule has 2 aliphatic rings. The predicted octanol–water partition coefficient (Wildman–Crippen LogP) is -3.78. The second-order valence-electron chi connectivity index (χ2n) is 3.63. The fourth-order valence-electron chi connectivity index (χ4n) is 2.39. The monoisotopic (exact) mass is 177 g/mol. The van der Waals surface area contributed by atoms with E-state index in [-0.39, 0.29) is 36.1 Å². The molecular weight excluding hydrogens is 165 g/mol. The number of hydrogen-bond donors (Lipinski definition) is 0. The molecule has 12 heavy (non-hydrogen) atoms. The number of hydrogen-bond acceptors (Lipinski definition) is 3. The molecular formula is C8H12NNaO2. The van der Waals surface area contributed by atoms with Crippen LogP contribution in [0.5, 0.6) is 0 Å². The molecule has 2 atom stereocenters. The van der Waals surface area contributed by atoms with Crippen LogP contribution < -0.4 is 34.7 Å². The first-order valence-corrected chi connectivity index (χ1v) is 4.19. The molecule has 0 aromatic rings. The zero-order valence-corrected chi connectivity index (χ0v) is 9.45. The summed E-state index contributed by atoms with van der Waals surface area (Å²) >= 11 is 0. The van der Waals surface area contributed by atoms with Gasteiger partial charge in [-0.25, -0.2) is 0 Å². The van der Waals surface area contributed by atoms with Crippen LogP contribution in [0, 0.1) is 5.92 Å². The number of carbonyl (C=O) groups is 1. The van der Waals surface area contributed by atoms with Crippen molar-refractivity contribution in [3.8, 4) is 0 Å². The number of nitrogens with zero attached hydrogens (tertiary/aromatic N) is 1. The van der Waals surface area contributed by atoms with Gasteiger partial charge in [-0.1, -0.05) is 0 Å². The van der Waals surface area contributed by atoms with Crippen LogP contribution in [0.2, 0.25) is 0 Å². The molecule has 0 radical (unpaired) electrons. The number of likely N-dealkylation sites (tertiary alicyclic amines) is 1. The molecule has 2 bridgehead atoms. The third kappa shape index (κ3) is 2.02. The van der Waals surface area contributed by atoms with Gasteiger partial charge in [-0.15, -0.1) is 0 Å². The van der Waals surface area contributed by atoms with Gasteiger partial charge in [-0.05, 0) is 25.2 Å². The van der Waals surface area contributed by atoms with Crippen LogP contribution in [0.4, 0.5) is 0 Å². The maximum absolute atomic E-state index is 10.3. The first-order chi connectivity index (χ1) is 5.25. The fourth-order valence-corrected chi connectivity index (χ4v) is 2.39. The largest absolute Gasteiger partial charge is 1.00 e. The predicted molar refractivity (Wildman–Crippen MR) is 37.7 cm³/mol. The molecule has 1 saturated heterocycles. The van der Waals surface area contributed by atoms with E-state index in [2.05, 4.69) is 0 Å². The Balaban J connectivity index is 0.000000720. The van der Waals surface area contributed by atoms with Crippen molar-refractivity contribution in [3.05, 3.63) is 0 Å². The Morgan fingerprint density at radius 1 is 1.50 bits per heavy atom. The van der Waals surface area contributed by atoms with Crippen LogP contribution in [-0.2, 0) is 4.79 Å². The quantitative estimate of drug-likeness (QED) is 0.407.